The second kappa shape index (κ2) is 7.38. The van der Waals surface area contributed by atoms with Crippen LogP contribution in [-0.2, 0) is 11.3 Å². The highest BCUT2D eigenvalue weighted by Crippen LogP contribution is 2.18. The minimum absolute atomic E-state index is 0.239. The molecule has 0 radical (unpaired) electrons. The highest BCUT2D eigenvalue weighted by molar-refractivity contribution is 14.1. The lowest BCUT2D eigenvalue weighted by Gasteiger charge is -2.32. The van der Waals surface area contributed by atoms with Crippen LogP contribution in [0.5, 0.6) is 0 Å². The first-order chi connectivity index (χ1) is 9.60. The zero-order chi connectivity index (χ0) is 14.5. The molecule has 0 unspecified atom stereocenters. The highest BCUT2D eigenvalue weighted by atomic mass is 127. The van der Waals surface area contributed by atoms with E-state index in [1.165, 1.54) is 5.56 Å². The van der Waals surface area contributed by atoms with Gasteiger partial charge in [0.25, 0.3) is 0 Å². The van der Waals surface area contributed by atoms with Crippen LogP contribution in [0.2, 0.25) is 0 Å². The van der Waals surface area contributed by atoms with Crippen LogP contribution in [0.1, 0.15) is 22.8 Å². The zero-order valence-electron chi connectivity index (χ0n) is 12.1. The molecule has 2 rings (SSSR count). The monoisotopic (exact) mass is 388 g/mol. The number of benzene rings is 1. The summed E-state index contributed by atoms with van der Waals surface area (Å²) in [5.74, 6) is -0.239. The number of carbonyl (C=O) groups excluding carboxylic acids is 1. The van der Waals surface area contributed by atoms with Crippen molar-refractivity contribution in [1.82, 2.24) is 9.80 Å². The SMILES string of the molecule is CCOC(=O)c1ccc(CN2CCN(C)CC2)c(I)c1. The van der Waals surface area contributed by atoms with Gasteiger partial charge in [-0.3, -0.25) is 4.90 Å². The van der Waals surface area contributed by atoms with E-state index < -0.39 is 0 Å². The smallest absolute Gasteiger partial charge is 0.338 e. The van der Waals surface area contributed by atoms with Gasteiger partial charge < -0.3 is 9.64 Å². The lowest BCUT2D eigenvalue weighted by Crippen LogP contribution is -2.43. The van der Waals surface area contributed by atoms with Crippen LogP contribution in [0.25, 0.3) is 0 Å². The number of hydrogen-bond acceptors (Lipinski definition) is 4. The van der Waals surface area contributed by atoms with Gasteiger partial charge in [0.05, 0.1) is 12.2 Å². The first-order valence-corrected chi connectivity index (χ1v) is 8.04. The molecule has 1 saturated heterocycles. The summed E-state index contributed by atoms with van der Waals surface area (Å²) in [6.45, 7) is 7.64. The highest BCUT2D eigenvalue weighted by Gasteiger charge is 2.16. The normalized spacial score (nSPS) is 17.1. The van der Waals surface area contributed by atoms with E-state index in [-0.39, 0.29) is 5.97 Å². The van der Waals surface area contributed by atoms with Crippen molar-refractivity contribution in [2.75, 3.05) is 39.8 Å². The summed E-state index contributed by atoms with van der Waals surface area (Å²) >= 11 is 2.30. The van der Waals surface area contributed by atoms with Gasteiger partial charge in [0.1, 0.15) is 0 Å². The molecule has 1 aromatic rings. The minimum Gasteiger partial charge on any atom is -0.462 e. The number of rotatable bonds is 4. The van der Waals surface area contributed by atoms with Crippen LogP contribution in [0.3, 0.4) is 0 Å². The van der Waals surface area contributed by atoms with Crippen molar-refractivity contribution < 1.29 is 9.53 Å². The van der Waals surface area contributed by atoms with Gasteiger partial charge in [0, 0.05) is 36.3 Å². The molecular formula is C15H21IN2O2. The number of esters is 1. The van der Waals surface area contributed by atoms with Gasteiger partial charge in [-0.15, -0.1) is 0 Å². The fourth-order valence-corrected chi connectivity index (χ4v) is 2.95. The Bertz CT molecular complexity index is 471. The average molecular weight is 388 g/mol. The van der Waals surface area contributed by atoms with Crippen LogP contribution in [-0.4, -0.2) is 55.6 Å². The molecule has 1 aromatic carbocycles. The molecule has 1 aliphatic rings. The molecule has 5 heteroatoms. The summed E-state index contributed by atoms with van der Waals surface area (Å²) < 4.78 is 6.16. The molecule has 4 nitrogen and oxygen atoms in total. The maximum Gasteiger partial charge on any atom is 0.338 e. The number of hydrogen-bond donors (Lipinski definition) is 0. The molecule has 0 amide bonds. The van der Waals surface area contributed by atoms with E-state index in [1.807, 2.05) is 25.1 Å². The van der Waals surface area contributed by atoms with Crippen molar-refractivity contribution in [3.8, 4) is 0 Å². The van der Waals surface area contributed by atoms with Crippen LogP contribution in [0.15, 0.2) is 18.2 Å². The second-order valence-corrected chi connectivity index (χ2v) is 6.27. The molecular weight excluding hydrogens is 367 g/mol. The van der Waals surface area contributed by atoms with E-state index in [4.69, 9.17) is 4.74 Å². The van der Waals surface area contributed by atoms with E-state index in [2.05, 4.69) is 39.4 Å². The number of halogens is 1. The van der Waals surface area contributed by atoms with Gasteiger partial charge in [0.15, 0.2) is 0 Å². The third-order valence-corrected chi connectivity index (χ3v) is 4.56. The predicted molar refractivity (Wildman–Crippen MR) is 87.9 cm³/mol. The third kappa shape index (κ3) is 4.17. The molecule has 0 N–H and O–H groups in total. The lowest BCUT2D eigenvalue weighted by molar-refractivity contribution is 0.0526. The van der Waals surface area contributed by atoms with Crippen molar-refractivity contribution in [1.29, 1.82) is 0 Å². The Morgan fingerprint density at radius 2 is 2.00 bits per heavy atom. The van der Waals surface area contributed by atoms with Gasteiger partial charge in [-0.1, -0.05) is 6.07 Å². The minimum atomic E-state index is -0.239. The largest absolute Gasteiger partial charge is 0.462 e. The third-order valence-electron chi connectivity index (χ3n) is 3.55. The Morgan fingerprint density at radius 1 is 1.30 bits per heavy atom. The molecule has 1 heterocycles. The maximum atomic E-state index is 11.7. The summed E-state index contributed by atoms with van der Waals surface area (Å²) in [6.07, 6.45) is 0. The van der Waals surface area contributed by atoms with Gasteiger partial charge in [-0.05, 0) is 54.3 Å². The number of likely N-dealkylation sites (N-methyl/N-ethyl adjacent to an activating group) is 1. The Balaban J connectivity index is 2.00. The van der Waals surface area contributed by atoms with Gasteiger partial charge in [0.2, 0.25) is 0 Å². The van der Waals surface area contributed by atoms with Crippen LogP contribution in [0.4, 0.5) is 0 Å². The lowest BCUT2D eigenvalue weighted by atomic mass is 10.1. The van der Waals surface area contributed by atoms with Crippen LogP contribution < -0.4 is 0 Å². The Labute approximate surface area is 134 Å². The fourth-order valence-electron chi connectivity index (χ4n) is 2.26. The quantitative estimate of drug-likeness (QED) is 0.585. The Morgan fingerprint density at radius 3 is 2.60 bits per heavy atom. The van der Waals surface area contributed by atoms with Gasteiger partial charge in [-0.2, -0.15) is 0 Å². The predicted octanol–water partition coefficient (Wildman–Crippen LogP) is 2.22. The second-order valence-electron chi connectivity index (χ2n) is 5.11. The van der Waals surface area contributed by atoms with Crippen molar-refractivity contribution in [3.63, 3.8) is 0 Å². The topological polar surface area (TPSA) is 32.8 Å². The number of ether oxygens (including phenoxy) is 1. The summed E-state index contributed by atoms with van der Waals surface area (Å²) in [6, 6.07) is 5.84. The molecule has 0 aliphatic carbocycles. The van der Waals surface area contributed by atoms with Gasteiger partial charge in [-0.25, -0.2) is 4.79 Å². The first kappa shape index (κ1) is 15.7. The maximum absolute atomic E-state index is 11.7. The van der Waals surface area contributed by atoms with Crippen molar-refractivity contribution in [2.24, 2.45) is 0 Å². The van der Waals surface area contributed by atoms with Crippen LogP contribution >= 0.6 is 22.6 Å². The molecule has 0 spiro atoms. The zero-order valence-corrected chi connectivity index (χ0v) is 14.2. The molecule has 110 valence electrons. The Kier molecular flexibility index (Phi) is 5.80. The van der Waals surface area contributed by atoms with E-state index in [9.17, 15) is 4.79 Å². The van der Waals surface area contributed by atoms with Gasteiger partial charge >= 0.3 is 5.97 Å². The summed E-state index contributed by atoms with van der Waals surface area (Å²) in [5, 5.41) is 0. The molecule has 1 aliphatic heterocycles. The summed E-state index contributed by atoms with van der Waals surface area (Å²) in [4.78, 5) is 16.5. The molecule has 0 bridgehead atoms. The molecule has 0 atom stereocenters. The molecule has 0 aromatic heterocycles. The average Bonchev–Trinajstić information content (AvgIpc) is 2.43. The molecule has 0 saturated carbocycles. The van der Waals surface area contributed by atoms with E-state index in [0.717, 1.165) is 36.3 Å². The number of nitrogens with zero attached hydrogens (tertiary/aromatic N) is 2. The van der Waals surface area contributed by atoms with E-state index >= 15 is 0 Å². The number of piperazine rings is 1. The van der Waals surface area contributed by atoms with Crippen molar-refractivity contribution >= 4 is 28.6 Å². The van der Waals surface area contributed by atoms with Crippen LogP contribution in [0, 0.1) is 3.57 Å². The Hall–Kier alpha value is -0.660. The van der Waals surface area contributed by atoms with E-state index in [0.29, 0.717) is 12.2 Å². The first-order valence-electron chi connectivity index (χ1n) is 6.96. The molecule has 20 heavy (non-hydrogen) atoms. The van der Waals surface area contributed by atoms with Crippen molar-refractivity contribution in [3.05, 3.63) is 32.9 Å². The number of carbonyl (C=O) groups is 1. The molecule has 1 fully saturated rings. The summed E-state index contributed by atoms with van der Waals surface area (Å²) in [7, 11) is 2.16. The summed E-state index contributed by atoms with van der Waals surface area (Å²) in [5.41, 5.74) is 1.92. The standard InChI is InChI=1S/C15H21IN2O2/c1-3-20-15(19)12-4-5-13(14(16)10-12)11-18-8-6-17(2)7-9-18/h4-5,10H,3,6-9,11H2,1-2H3. The fraction of sp³-hybridized carbons (Fsp3) is 0.533. The van der Waals surface area contributed by atoms with E-state index in [1.54, 1.807) is 0 Å². The van der Waals surface area contributed by atoms with Crippen molar-refractivity contribution in [2.45, 2.75) is 13.5 Å².